The van der Waals surface area contributed by atoms with Crippen LogP contribution in [-0.2, 0) is 9.22 Å². The van der Waals surface area contributed by atoms with Gasteiger partial charge in [0.2, 0.25) is 11.7 Å². The Bertz CT molecular complexity index is 1710. The molecule has 1 saturated heterocycles. The van der Waals surface area contributed by atoms with Crippen molar-refractivity contribution in [2.45, 2.75) is 95.5 Å². The van der Waals surface area contributed by atoms with E-state index in [1.165, 1.54) is 24.7 Å². The van der Waals surface area contributed by atoms with Crippen molar-refractivity contribution in [3.05, 3.63) is 71.8 Å². The molecule has 2 aliphatic carbocycles. The van der Waals surface area contributed by atoms with Gasteiger partial charge in [0.05, 0.1) is 17.8 Å². The van der Waals surface area contributed by atoms with Crippen LogP contribution in [0.15, 0.2) is 49.3 Å². The molecule has 2 unspecified atom stereocenters. The minimum Gasteiger partial charge on any atom is -0.412 e. The van der Waals surface area contributed by atoms with Crippen molar-refractivity contribution in [3.8, 4) is 0 Å². The molecular formula is C33H42N8O2Si. The number of aryl methyl sites for hydroxylation is 1. The van der Waals surface area contributed by atoms with E-state index < -0.39 is 8.32 Å². The fraction of sp³-hybridized carbons (Fsp3) is 0.515. The van der Waals surface area contributed by atoms with Crippen molar-refractivity contribution >= 4 is 31.6 Å². The zero-order chi connectivity index (χ0) is 30.8. The number of aromatic nitrogens is 6. The van der Waals surface area contributed by atoms with Crippen LogP contribution >= 0.6 is 0 Å². The summed E-state index contributed by atoms with van der Waals surface area (Å²) in [6.45, 7) is 14.1. The summed E-state index contributed by atoms with van der Waals surface area (Å²) < 4.78 is 8.98. The third-order valence-corrected chi connectivity index (χ3v) is 14.4. The van der Waals surface area contributed by atoms with Crippen molar-refractivity contribution in [1.82, 2.24) is 29.3 Å². The van der Waals surface area contributed by atoms with Crippen LogP contribution < -0.4 is 10.2 Å². The lowest BCUT2D eigenvalue weighted by molar-refractivity contribution is -0.117. The predicted molar refractivity (Wildman–Crippen MR) is 172 cm³/mol. The number of anilines is 2. The lowest BCUT2D eigenvalue weighted by Gasteiger charge is -2.38. The van der Waals surface area contributed by atoms with Crippen LogP contribution in [0.2, 0.25) is 18.1 Å². The molecular weight excluding hydrogens is 569 g/mol. The number of hydrogen-bond acceptors (Lipinski definition) is 8. The average Bonchev–Trinajstić information content (AvgIpc) is 3.89. The molecule has 4 atom stereocenters. The van der Waals surface area contributed by atoms with Gasteiger partial charge in [0.25, 0.3) is 0 Å². The molecule has 1 aliphatic heterocycles. The maximum Gasteiger partial charge on any atom is 0.234 e. The Morgan fingerprint density at radius 1 is 1.05 bits per heavy atom. The molecule has 4 aromatic heterocycles. The Morgan fingerprint density at radius 3 is 2.61 bits per heavy atom. The second-order valence-corrected chi connectivity index (χ2v) is 19.2. The molecule has 4 aromatic rings. The molecule has 7 rings (SSSR count). The van der Waals surface area contributed by atoms with E-state index in [4.69, 9.17) is 9.41 Å². The molecule has 230 valence electrons. The summed E-state index contributed by atoms with van der Waals surface area (Å²) in [5.41, 5.74) is 4.35. The summed E-state index contributed by atoms with van der Waals surface area (Å²) in [5.74, 6) is 2.59. The van der Waals surface area contributed by atoms with E-state index in [-0.39, 0.29) is 34.9 Å². The Labute approximate surface area is 259 Å². The maximum atomic E-state index is 13.2. The summed E-state index contributed by atoms with van der Waals surface area (Å²) in [6, 6.07) is 5.87. The van der Waals surface area contributed by atoms with Crippen molar-refractivity contribution in [1.29, 1.82) is 0 Å². The van der Waals surface area contributed by atoms with Gasteiger partial charge in [-0.1, -0.05) is 20.8 Å². The molecule has 2 saturated carbocycles. The average molecular weight is 611 g/mol. The van der Waals surface area contributed by atoms with Gasteiger partial charge < -0.3 is 14.6 Å². The van der Waals surface area contributed by atoms with Gasteiger partial charge in [-0.25, -0.2) is 19.9 Å². The highest BCUT2D eigenvalue weighted by molar-refractivity contribution is 6.74. The van der Waals surface area contributed by atoms with Crippen LogP contribution in [0.25, 0.3) is 5.78 Å². The molecule has 0 radical (unpaired) electrons. The first-order chi connectivity index (χ1) is 20.9. The number of imidazole rings is 1. The SMILES string of the molecule is Cc1ccnc(C2CC2C(=O)Nc2cc(N3C[C@@H](O[Si](C)(C)C(C)(C)C)C[C@@H]3c3cn4cc(C5CC5)cnc4n3)ncn2)c1. The predicted octanol–water partition coefficient (Wildman–Crippen LogP) is 6.18. The van der Waals surface area contributed by atoms with Gasteiger partial charge in [-0.2, -0.15) is 0 Å². The number of nitrogens with one attached hydrogen (secondary N) is 1. The largest absolute Gasteiger partial charge is 0.412 e. The van der Waals surface area contributed by atoms with Crippen molar-refractivity contribution in [3.63, 3.8) is 0 Å². The van der Waals surface area contributed by atoms with Gasteiger partial charge >= 0.3 is 0 Å². The number of amides is 1. The Kier molecular flexibility index (Phi) is 7.08. The van der Waals surface area contributed by atoms with Gasteiger partial charge in [0.15, 0.2) is 8.32 Å². The van der Waals surface area contributed by atoms with Gasteiger partial charge in [0, 0.05) is 61.3 Å². The molecule has 0 aromatic carbocycles. The molecule has 0 bridgehead atoms. The van der Waals surface area contributed by atoms with Gasteiger partial charge in [-0.05, 0) is 73.5 Å². The van der Waals surface area contributed by atoms with E-state index in [1.54, 1.807) is 0 Å². The Hall–Kier alpha value is -3.70. The lowest BCUT2D eigenvalue weighted by Crippen LogP contribution is -2.44. The molecule has 44 heavy (non-hydrogen) atoms. The van der Waals surface area contributed by atoms with Crippen molar-refractivity contribution in [2.24, 2.45) is 5.92 Å². The molecule has 3 fully saturated rings. The highest BCUT2D eigenvalue weighted by Crippen LogP contribution is 2.47. The molecule has 5 heterocycles. The summed E-state index contributed by atoms with van der Waals surface area (Å²) >= 11 is 0. The van der Waals surface area contributed by atoms with E-state index >= 15 is 0 Å². The molecule has 3 aliphatic rings. The van der Waals surface area contributed by atoms with Crippen molar-refractivity contribution in [2.75, 3.05) is 16.8 Å². The van der Waals surface area contributed by atoms with Gasteiger partial charge in [-0.3, -0.25) is 14.2 Å². The first-order valence-corrected chi connectivity index (χ1v) is 18.7. The molecule has 10 nitrogen and oxygen atoms in total. The number of pyridine rings is 1. The maximum absolute atomic E-state index is 13.2. The Balaban J connectivity index is 1.14. The monoisotopic (exact) mass is 610 g/mol. The number of carbonyl (C=O) groups is 1. The molecule has 1 amide bonds. The number of nitrogens with zero attached hydrogens (tertiary/aromatic N) is 7. The smallest absolute Gasteiger partial charge is 0.234 e. The number of hydrogen-bond donors (Lipinski definition) is 1. The van der Waals surface area contributed by atoms with E-state index in [2.05, 4.69) is 86.9 Å². The first-order valence-electron chi connectivity index (χ1n) is 15.8. The van der Waals surface area contributed by atoms with Gasteiger partial charge in [-0.15, -0.1) is 0 Å². The van der Waals surface area contributed by atoms with Crippen LogP contribution in [-0.4, -0.2) is 56.2 Å². The summed E-state index contributed by atoms with van der Waals surface area (Å²) in [7, 11) is -2.01. The fourth-order valence-electron chi connectivity index (χ4n) is 6.08. The highest BCUT2D eigenvalue weighted by atomic mass is 28.4. The quantitative estimate of drug-likeness (QED) is 0.235. The van der Waals surface area contributed by atoms with Crippen LogP contribution in [0, 0.1) is 12.8 Å². The molecule has 1 N–H and O–H groups in total. The topological polar surface area (TPSA) is 110 Å². The van der Waals surface area contributed by atoms with Gasteiger partial charge in [0.1, 0.15) is 18.0 Å². The number of rotatable bonds is 8. The highest BCUT2D eigenvalue weighted by Gasteiger charge is 2.46. The molecule has 11 heteroatoms. The summed E-state index contributed by atoms with van der Waals surface area (Å²) in [4.78, 5) is 38.7. The van der Waals surface area contributed by atoms with E-state index in [0.717, 1.165) is 35.6 Å². The standard InChI is InChI=1S/C33H42N8O2Si/c1-20-9-10-34-26(11-20)24-13-25(24)31(42)39-29-14-30(37-19-36-29)41-17-23(43-44(5,6)33(2,3)4)12-28(41)27-18-40-16-22(21-7-8-21)15-35-32(40)38-27/h9-11,14-16,18-19,21,23-25,28H,7-8,12-13,17H2,1-6H3,(H,36,37,39,42)/t23-,24?,25?,28+/m0/s1. The van der Waals surface area contributed by atoms with E-state index in [0.29, 0.717) is 24.1 Å². The normalized spacial score (nSPS) is 23.7. The second-order valence-electron chi connectivity index (χ2n) is 14.4. The minimum atomic E-state index is -2.01. The summed E-state index contributed by atoms with van der Waals surface area (Å²) in [6.07, 6.45) is 13.7. The minimum absolute atomic E-state index is 0.0297. The zero-order valence-corrected chi connectivity index (χ0v) is 27.5. The first kappa shape index (κ1) is 29.0. The summed E-state index contributed by atoms with van der Waals surface area (Å²) in [5, 5.41) is 3.15. The van der Waals surface area contributed by atoms with Crippen LogP contribution in [0.1, 0.15) is 86.8 Å². The molecule has 0 spiro atoms. The van der Waals surface area contributed by atoms with E-state index in [1.807, 2.05) is 31.5 Å². The third-order valence-electron chi connectivity index (χ3n) is 9.91. The lowest BCUT2D eigenvalue weighted by atomic mass is 10.1. The number of fused-ring (bicyclic) bond motifs is 1. The van der Waals surface area contributed by atoms with Crippen molar-refractivity contribution < 1.29 is 9.22 Å². The Morgan fingerprint density at radius 2 is 1.86 bits per heavy atom. The van der Waals surface area contributed by atoms with Crippen LogP contribution in [0.5, 0.6) is 0 Å². The fourth-order valence-corrected chi connectivity index (χ4v) is 7.44. The zero-order valence-electron chi connectivity index (χ0n) is 26.5. The van der Waals surface area contributed by atoms with Crippen LogP contribution in [0.3, 0.4) is 0 Å². The third kappa shape index (κ3) is 5.74. The second kappa shape index (κ2) is 10.7. The van der Waals surface area contributed by atoms with Crippen LogP contribution in [0.4, 0.5) is 11.6 Å². The van der Waals surface area contributed by atoms with E-state index in [9.17, 15) is 4.79 Å². The number of carbonyl (C=O) groups excluding carboxylic acids is 1.